The average molecular weight is 540 g/mol. The number of nitrogens with zero attached hydrogens (tertiary/aromatic N) is 2. The van der Waals surface area contributed by atoms with Gasteiger partial charge < -0.3 is 14.8 Å². The van der Waals surface area contributed by atoms with Crippen molar-refractivity contribution in [2.24, 2.45) is 17.8 Å². The summed E-state index contributed by atoms with van der Waals surface area (Å²) in [6.45, 7) is 2.07. The van der Waals surface area contributed by atoms with Gasteiger partial charge in [-0.15, -0.1) is 0 Å². The number of hydrogen-bond donors (Lipinski definition) is 2. The Morgan fingerprint density at radius 1 is 1.07 bits per heavy atom. The molecule has 1 aromatic heterocycles. The molecule has 3 heterocycles. The number of carbonyl (C=O) groups excluding carboxylic acids is 2. The highest BCUT2D eigenvalue weighted by Crippen LogP contribution is 2.51. The van der Waals surface area contributed by atoms with Crippen LogP contribution in [0.4, 0.5) is 0 Å². The zero-order valence-electron chi connectivity index (χ0n) is 23.0. The number of rotatable bonds is 6. The lowest BCUT2D eigenvalue weighted by Gasteiger charge is -2.42. The molecule has 2 saturated heterocycles. The fourth-order valence-electron chi connectivity index (χ4n) is 7.53. The van der Waals surface area contributed by atoms with E-state index in [0.717, 1.165) is 53.7 Å². The number of hydrogen-bond acceptors (Lipinski definition) is 6. The van der Waals surface area contributed by atoms with E-state index in [-0.39, 0.29) is 41.5 Å². The number of imide groups is 1. The van der Waals surface area contributed by atoms with Crippen LogP contribution in [-0.4, -0.2) is 51.1 Å². The molecule has 6 rings (SSSR count). The molecule has 3 fully saturated rings. The Hall–Kier alpha value is -3.23. The maximum atomic E-state index is 13.8. The van der Waals surface area contributed by atoms with Gasteiger partial charge in [-0.25, -0.2) is 0 Å². The molecule has 2 N–H and O–H groups in total. The Bertz CT molecular complexity index is 1320. The zero-order valence-corrected chi connectivity index (χ0v) is 23.0. The number of phenols is 1. The van der Waals surface area contributed by atoms with Crippen molar-refractivity contribution < 1.29 is 24.4 Å². The van der Waals surface area contributed by atoms with Gasteiger partial charge in [0.25, 0.3) is 0 Å². The van der Waals surface area contributed by atoms with E-state index in [1.165, 1.54) is 6.42 Å². The Morgan fingerprint density at radius 3 is 2.58 bits per heavy atom. The van der Waals surface area contributed by atoms with Crippen LogP contribution in [0.25, 0.3) is 11.6 Å². The minimum absolute atomic E-state index is 0.00731. The largest absolute Gasteiger partial charge is 0.508 e. The van der Waals surface area contributed by atoms with E-state index in [9.17, 15) is 19.7 Å². The van der Waals surface area contributed by atoms with Crippen LogP contribution in [0.2, 0.25) is 6.32 Å². The van der Waals surface area contributed by atoms with E-state index in [0.29, 0.717) is 25.6 Å². The maximum absolute atomic E-state index is 13.8. The monoisotopic (exact) mass is 540 g/mol. The topological polar surface area (TPSA) is 100.0 Å². The highest BCUT2D eigenvalue weighted by atomic mass is 16.5. The summed E-state index contributed by atoms with van der Waals surface area (Å²) >= 11 is 0. The molecule has 0 spiro atoms. The van der Waals surface area contributed by atoms with Crippen LogP contribution >= 0.6 is 0 Å². The summed E-state index contributed by atoms with van der Waals surface area (Å²) < 4.78 is 6.14. The van der Waals surface area contributed by atoms with Gasteiger partial charge in [-0.3, -0.25) is 19.5 Å². The van der Waals surface area contributed by atoms with Crippen molar-refractivity contribution in [2.45, 2.75) is 76.8 Å². The summed E-state index contributed by atoms with van der Waals surface area (Å²) in [5.74, 6) is -0.744. The molecule has 0 radical (unpaired) electrons. The molecular weight excluding hydrogens is 503 g/mol. The van der Waals surface area contributed by atoms with E-state index in [1.54, 1.807) is 23.2 Å². The van der Waals surface area contributed by atoms with Crippen molar-refractivity contribution in [1.29, 1.82) is 0 Å². The first kappa shape index (κ1) is 27.0. The average Bonchev–Trinajstić information content (AvgIpc) is 3.21. The fraction of sp³-hybridized carbons (Fsp3) is 0.469. The van der Waals surface area contributed by atoms with Crippen molar-refractivity contribution in [3.63, 3.8) is 0 Å². The van der Waals surface area contributed by atoms with Gasteiger partial charge in [-0.1, -0.05) is 43.0 Å². The molecule has 1 aromatic carbocycles. The molecule has 208 valence electrons. The van der Waals surface area contributed by atoms with E-state index in [2.05, 4.69) is 18.0 Å². The smallest absolute Gasteiger partial charge is 0.455 e. The minimum Gasteiger partial charge on any atom is -0.508 e. The number of likely N-dealkylation sites (tertiary alicyclic amines) is 1. The lowest BCUT2D eigenvalue weighted by Crippen LogP contribution is -2.46. The third-order valence-corrected chi connectivity index (χ3v) is 9.33. The molecule has 0 bridgehead atoms. The van der Waals surface area contributed by atoms with Crippen LogP contribution in [0.15, 0.2) is 59.8 Å². The number of pyridine rings is 1. The highest BCUT2D eigenvalue weighted by Gasteiger charge is 2.57. The number of benzene rings is 1. The van der Waals surface area contributed by atoms with Crippen LogP contribution in [0, 0.1) is 17.8 Å². The first-order valence-electron chi connectivity index (χ1n) is 14.7. The van der Waals surface area contributed by atoms with Crippen LogP contribution in [0.1, 0.15) is 69.5 Å². The van der Waals surface area contributed by atoms with Gasteiger partial charge in [-0.2, -0.15) is 0 Å². The van der Waals surface area contributed by atoms with Gasteiger partial charge in [0, 0.05) is 12.2 Å². The molecular formula is C32H37BN2O5. The number of fused-ring (bicyclic) bond motifs is 3. The van der Waals surface area contributed by atoms with Crippen molar-refractivity contribution in [3.05, 3.63) is 71.1 Å². The summed E-state index contributed by atoms with van der Waals surface area (Å²) in [6, 6.07) is 12.9. The predicted molar refractivity (Wildman–Crippen MR) is 154 cm³/mol. The Balaban J connectivity index is 1.26. The molecule has 2 amide bonds. The van der Waals surface area contributed by atoms with Gasteiger partial charge in [0.15, 0.2) is 0 Å². The van der Waals surface area contributed by atoms with E-state index in [4.69, 9.17) is 4.65 Å². The van der Waals surface area contributed by atoms with E-state index >= 15 is 0 Å². The Kier molecular flexibility index (Phi) is 7.64. The summed E-state index contributed by atoms with van der Waals surface area (Å²) in [5, 5.41) is 20.5. The summed E-state index contributed by atoms with van der Waals surface area (Å²) in [6.07, 6.45) is 10.8. The molecule has 2 aromatic rings. The van der Waals surface area contributed by atoms with Gasteiger partial charge in [0.2, 0.25) is 11.8 Å². The number of aromatic nitrogens is 1. The molecule has 2 aliphatic heterocycles. The molecule has 8 heteroatoms. The van der Waals surface area contributed by atoms with Crippen molar-refractivity contribution in [3.8, 4) is 5.75 Å². The first-order valence-corrected chi connectivity index (χ1v) is 14.7. The number of allylic oxidation sites excluding steroid dienone is 2. The summed E-state index contributed by atoms with van der Waals surface area (Å²) in [5.41, 5.74) is 5.06. The van der Waals surface area contributed by atoms with Crippen molar-refractivity contribution in [2.75, 3.05) is 0 Å². The molecule has 2 aliphatic carbocycles. The summed E-state index contributed by atoms with van der Waals surface area (Å²) in [7, 11) is -0.976. The second-order valence-corrected chi connectivity index (χ2v) is 11.8. The number of phenolic OH excluding ortho intramolecular Hbond substituents is 1. The maximum Gasteiger partial charge on any atom is 0.455 e. The molecule has 7 nitrogen and oxygen atoms in total. The van der Waals surface area contributed by atoms with Gasteiger partial charge >= 0.3 is 7.12 Å². The molecule has 4 atom stereocenters. The van der Waals surface area contributed by atoms with Gasteiger partial charge in [0.1, 0.15) is 5.75 Å². The Labute approximate surface area is 236 Å². The van der Waals surface area contributed by atoms with Crippen LogP contribution in [0.3, 0.4) is 0 Å². The second kappa shape index (κ2) is 11.3. The molecule has 40 heavy (non-hydrogen) atoms. The number of aromatic hydroxyl groups is 1. The van der Waals surface area contributed by atoms with Gasteiger partial charge in [-0.05, 0) is 98.3 Å². The van der Waals surface area contributed by atoms with E-state index < -0.39 is 13.0 Å². The fourth-order valence-corrected chi connectivity index (χ4v) is 7.53. The van der Waals surface area contributed by atoms with E-state index in [1.807, 2.05) is 30.3 Å². The third-order valence-electron chi connectivity index (χ3n) is 9.33. The van der Waals surface area contributed by atoms with Crippen molar-refractivity contribution >= 4 is 30.6 Å². The molecule has 4 aliphatic rings. The molecule has 1 saturated carbocycles. The van der Waals surface area contributed by atoms with Gasteiger partial charge in [0.05, 0.1) is 23.6 Å². The lowest BCUT2D eigenvalue weighted by molar-refractivity contribution is -0.143. The third kappa shape index (κ3) is 5.15. The quantitative estimate of drug-likeness (QED) is 0.295. The number of carbonyl (C=O) groups is 2. The first-order chi connectivity index (χ1) is 19.4. The molecule has 0 unspecified atom stereocenters. The SMILES string of the molecule is CC1=C2[C@@H](CC/C(=C/c3ccc(O)cc3)c3ccccn3)OB(O)C[C@@H]2[C@@H]2C(=O)N(C3CCCCC3)C(=O)[C@@H]2C1. The summed E-state index contributed by atoms with van der Waals surface area (Å²) in [4.78, 5) is 33.6. The number of amides is 2. The van der Waals surface area contributed by atoms with Crippen LogP contribution in [-0.2, 0) is 14.2 Å². The predicted octanol–water partition coefficient (Wildman–Crippen LogP) is 5.26. The standard InChI is InChI=1S/C32H37BN2O5/c1-20-17-25-30(32(38)35(31(25)37)23-7-3-2-4-8-23)26-19-33(39)40-28(29(20)26)15-12-22(27-9-5-6-16-34-27)18-21-10-13-24(36)14-11-21/h5-6,9-11,13-14,16,18,23,25-26,28,30,36,39H,2-4,7-8,12,15,17,19H2,1H3/b22-18-/t25-,26+,28-,30-/m1/s1. The highest BCUT2D eigenvalue weighted by molar-refractivity contribution is 6.43. The Morgan fingerprint density at radius 2 is 1.85 bits per heavy atom. The second-order valence-electron chi connectivity index (χ2n) is 11.8. The minimum atomic E-state index is -0.976. The van der Waals surface area contributed by atoms with Crippen molar-refractivity contribution in [1.82, 2.24) is 9.88 Å². The van der Waals surface area contributed by atoms with Crippen LogP contribution in [0.5, 0.6) is 5.75 Å². The normalized spacial score (nSPS) is 27.7. The van der Waals surface area contributed by atoms with Crippen LogP contribution < -0.4 is 0 Å². The lowest BCUT2D eigenvalue weighted by atomic mass is 9.58. The zero-order chi connectivity index (χ0) is 27.8.